The quantitative estimate of drug-likeness (QED) is 0.874. The molecule has 1 aliphatic rings. The molecule has 2 rings (SSSR count). The monoisotopic (exact) mass is 280 g/mol. The summed E-state index contributed by atoms with van der Waals surface area (Å²) < 4.78 is 5.61. The Kier molecular flexibility index (Phi) is 5.51. The predicted molar refractivity (Wildman–Crippen MR) is 76.8 cm³/mol. The van der Waals surface area contributed by atoms with Crippen LogP contribution in [-0.4, -0.2) is 60.9 Å². The second kappa shape index (κ2) is 7.15. The molecule has 0 aromatic heterocycles. The molecule has 0 bridgehead atoms. The zero-order valence-corrected chi connectivity index (χ0v) is 12.4. The predicted octanol–water partition coefficient (Wildman–Crippen LogP) is 1.09. The summed E-state index contributed by atoms with van der Waals surface area (Å²) in [5.41, 5.74) is 1.23. The van der Waals surface area contributed by atoms with Crippen LogP contribution in [0.3, 0.4) is 0 Å². The van der Waals surface area contributed by atoms with E-state index in [1.54, 1.807) is 21.1 Å². The molecule has 0 aliphatic carbocycles. The molecular weight excluding hydrogens is 256 g/mol. The number of piperazine rings is 1. The SMILES string of the molecule is COC1C(Cc2ccccc2)N(C(C)O)CCN1OC. The molecule has 1 aliphatic heterocycles. The third-order valence-corrected chi connectivity index (χ3v) is 3.86. The van der Waals surface area contributed by atoms with Crippen LogP contribution in [0.5, 0.6) is 0 Å². The van der Waals surface area contributed by atoms with Crippen molar-refractivity contribution in [3.05, 3.63) is 35.9 Å². The Balaban J connectivity index is 2.20. The maximum Gasteiger partial charge on any atom is 0.148 e. The summed E-state index contributed by atoms with van der Waals surface area (Å²) in [5.74, 6) is 0. The molecule has 0 amide bonds. The molecular formula is C15H24N2O3. The Hall–Kier alpha value is -0.980. The first kappa shape index (κ1) is 15.4. The molecule has 1 N–H and O–H groups in total. The number of benzene rings is 1. The van der Waals surface area contributed by atoms with Crippen LogP contribution < -0.4 is 0 Å². The Labute approximate surface area is 120 Å². The van der Waals surface area contributed by atoms with E-state index in [1.807, 2.05) is 23.3 Å². The fourth-order valence-corrected chi connectivity index (χ4v) is 2.87. The number of aliphatic hydroxyl groups is 1. The number of nitrogens with zero attached hydrogens (tertiary/aromatic N) is 2. The van der Waals surface area contributed by atoms with Gasteiger partial charge in [0.05, 0.1) is 13.2 Å². The number of aliphatic hydroxyl groups excluding tert-OH is 1. The lowest BCUT2D eigenvalue weighted by Crippen LogP contribution is -2.62. The van der Waals surface area contributed by atoms with Crippen LogP contribution >= 0.6 is 0 Å². The van der Waals surface area contributed by atoms with Gasteiger partial charge >= 0.3 is 0 Å². The van der Waals surface area contributed by atoms with Crippen molar-refractivity contribution < 1.29 is 14.7 Å². The van der Waals surface area contributed by atoms with Crippen LogP contribution in [0.4, 0.5) is 0 Å². The Bertz CT molecular complexity index is 399. The number of hydrogen-bond donors (Lipinski definition) is 1. The topological polar surface area (TPSA) is 45.2 Å². The van der Waals surface area contributed by atoms with Gasteiger partial charge in [0.15, 0.2) is 0 Å². The zero-order valence-electron chi connectivity index (χ0n) is 12.4. The van der Waals surface area contributed by atoms with E-state index in [-0.39, 0.29) is 12.3 Å². The van der Waals surface area contributed by atoms with E-state index in [0.717, 1.165) is 13.0 Å². The minimum Gasteiger partial charge on any atom is -0.379 e. The normalized spacial score (nSPS) is 26.6. The van der Waals surface area contributed by atoms with Crippen LogP contribution in [0.1, 0.15) is 12.5 Å². The van der Waals surface area contributed by atoms with Gasteiger partial charge in [0.1, 0.15) is 12.5 Å². The summed E-state index contributed by atoms with van der Waals surface area (Å²) in [4.78, 5) is 7.46. The number of hydroxylamine groups is 2. The molecule has 0 radical (unpaired) electrons. The van der Waals surface area contributed by atoms with Crippen LogP contribution in [0.25, 0.3) is 0 Å². The van der Waals surface area contributed by atoms with Gasteiger partial charge < -0.3 is 9.84 Å². The molecule has 1 aromatic rings. The smallest absolute Gasteiger partial charge is 0.148 e. The number of methoxy groups -OCH3 is 1. The number of hydrogen-bond acceptors (Lipinski definition) is 5. The molecule has 1 aromatic carbocycles. The van der Waals surface area contributed by atoms with Crippen molar-refractivity contribution >= 4 is 0 Å². The second-order valence-corrected chi connectivity index (χ2v) is 5.08. The van der Waals surface area contributed by atoms with E-state index in [4.69, 9.17) is 9.57 Å². The molecule has 112 valence electrons. The molecule has 0 spiro atoms. The van der Waals surface area contributed by atoms with E-state index in [0.29, 0.717) is 6.54 Å². The molecule has 3 unspecified atom stereocenters. The number of rotatable bonds is 5. The third-order valence-electron chi connectivity index (χ3n) is 3.86. The van der Waals surface area contributed by atoms with Crippen molar-refractivity contribution in [2.75, 3.05) is 27.3 Å². The summed E-state index contributed by atoms with van der Waals surface area (Å²) in [7, 11) is 3.34. The molecule has 5 heteroatoms. The van der Waals surface area contributed by atoms with Crippen molar-refractivity contribution in [3.63, 3.8) is 0 Å². The summed E-state index contributed by atoms with van der Waals surface area (Å²) in [6.07, 6.45) is 0.119. The molecule has 5 nitrogen and oxygen atoms in total. The van der Waals surface area contributed by atoms with Gasteiger partial charge in [-0.15, -0.1) is 0 Å². The van der Waals surface area contributed by atoms with Crippen molar-refractivity contribution in [1.29, 1.82) is 0 Å². The Morgan fingerprint density at radius 3 is 2.50 bits per heavy atom. The van der Waals surface area contributed by atoms with Crippen LogP contribution in [0, 0.1) is 0 Å². The van der Waals surface area contributed by atoms with Gasteiger partial charge in [-0.25, -0.2) is 0 Å². The number of ether oxygens (including phenoxy) is 1. The molecule has 1 heterocycles. The van der Waals surface area contributed by atoms with Gasteiger partial charge in [-0.3, -0.25) is 9.74 Å². The summed E-state index contributed by atoms with van der Waals surface area (Å²) in [6.45, 7) is 3.27. The minimum absolute atomic E-state index is 0.0519. The van der Waals surface area contributed by atoms with E-state index in [9.17, 15) is 5.11 Å². The van der Waals surface area contributed by atoms with E-state index >= 15 is 0 Å². The van der Waals surface area contributed by atoms with Crippen molar-refractivity contribution in [2.24, 2.45) is 0 Å². The van der Waals surface area contributed by atoms with Gasteiger partial charge in [-0.1, -0.05) is 30.3 Å². The average Bonchev–Trinajstić information content (AvgIpc) is 2.47. The standard InChI is InChI=1S/C15H24N2O3/c1-12(18)16-9-10-17(20-3)15(19-2)14(16)11-13-7-5-4-6-8-13/h4-8,12,14-15,18H,9-11H2,1-3H3. The Morgan fingerprint density at radius 1 is 1.25 bits per heavy atom. The lowest BCUT2D eigenvalue weighted by atomic mass is 10.0. The molecule has 1 fully saturated rings. The molecule has 1 saturated heterocycles. The first-order valence-corrected chi connectivity index (χ1v) is 6.98. The van der Waals surface area contributed by atoms with Crippen LogP contribution in [0.2, 0.25) is 0 Å². The van der Waals surface area contributed by atoms with Gasteiger partial charge in [0.2, 0.25) is 0 Å². The zero-order chi connectivity index (χ0) is 14.5. The highest BCUT2D eigenvalue weighted by atomic mass is 16.7. The van der Waals surface area contributed by atoms with Crippen molar-refractivity contribution in [2.45, 2.75) is 31.8 Å². The van der Waals surface area contributed by atoms with Crippen molar-refractivity contribution in [3.8, 4) is 0 Å². The summed E-state index contributed by atoms with van der Waals surface area (Å²) in [5, 5.41) is 11.8. The molecule has 3 atom stereocenters. The van der Waals surface area contributed by atoms with Crippen molar-refractivity contribution in [1.82, 2.24) is 9.96 Å². The van der Waals surface area contributed by atoms with Crippen LogP contribution in [-0.2, 0) is 16.0 Å². The lowest BCUT2D eigenvalue weighted by Gasteiger charge is -2.46. The van der Waals surface area contributed by atoms with E-state index in [2.05, 4.69) is 17.0 Å². The fraction of sp³-hybridized carbons (Fsp3) is 0.600. The highest BCUT2D eigenvalue weighted by molar-refractivity contribution is 5.16. The lowest BCUT2D eigenvalue weighted by molar-refractivity contribution is -0.278. The molecule has 20 heavy (non-hydrogen) atoms. The van der Waals surface area contributed by atoms with Gasteiger partial charge in [0, 0.05) is 20.2 Å². The summed E-state index contributed by atoms with van der Waals surface area (Å²) >= 11 is 0. The fourth-order valence-electron chi connectivity index (χ4n) is 2.87. The second-order valence-electron chi connectivity index (χ2n) is 5.08. The first-order chi connectivity index (χ1) is 9.67. The summed E-state index contributed by atoms with van der Waals surface area (Å²) in [6, 6.07) is 10.3. The van der Waals surface area contributed by atoms with E-state index in [1.165, 1.54) is 5.56 Å². The van der Waals surface area contributed by atoms with Crippen LogP contribution in [0.15, 0.2) is 30.3 Å². The third kappa shape index (κ3) is 3.37. The molecule has 0 saturated carbocycles. The maximum absolute atomic E-state index is 10.0. The highest BCUT2D eigenvalue weighted by Gasteiger charge is 2.38. The average molecular weight is 280 g/mol. The van der Waals surface area contributed by atoms with Gasteiger partial charge in [-0.2, -0.15) is 5.06 Å². The Morgan fingerprint density at radius 2 is 1.95 bits per heavy atom. The van der Waals surface area contributed by atoms with Gasteiger partial charge in [0.25, 0.3) is 0 Å². The minimum atomic E-state index is -0.500. The largest absolute Gasteiger partial charge is 0.379 e. The van der Waals surface area contributed by atoms with E-state index < -0.39 is 6.23 Å². The van der Waals surface area contributed by atoms with Gasteiger partial charge in [-0.05, 0) is 18.9 Å². The maximum atomic E-state index is 10.0. The first-order valence-electron chi connectivity index (χ1n) is 6.98. The highest BCUT2D eigenvalue weighted by Crippen LogP contribution is 2.23.